The van der Waals surface area contributed by atoms with E-state index in [0.717, 1.165) is 18.6 Å². The zero-order valence-corrected chi connectivity index (χ0v) is 9.56. The molecule has 3 heteroatoms. The summed E-state index contributed by atoms with van der Waals surface area (Å²) < 4.78 is 10.7. The zero-order valence-electron chi connectivity index (χ0n) is 9.56. The van der Waals surface area contributed by atoms with E-state index < -0.39 is 5.60 Å². The van der Waals surface area contributed by atoms with Crippen molar-refractivity contribution in [1.29, 1.82) is 0 Å². The third-order valence-corrected chi connectivity index (χ3v) is 4.49. The van der Waals surface area contributed by atoms with Crippen LogP contribution in [0.2, 0.25) is 0 Å². The Labute approximate surface area is 95.4 Å². The Kier molecular flexibility index (Phi) is 2.33. The van der Waals surface area contributed by atoms with Crippen LogP contribution in [0.4, 0.5) is 0 Å². The average Bonchev–Trinajstić information content (AvgIpc) is 2.96. The lowest BCUT2D eigenvalue weighted by molar-refractivity contribution is -0.102. The highest BCUT2D eigenvalue weighted by molar-refractivity contribution is 5.19. The first-order valence-electron chi connectivity index (χ1n) is 6.02. The van der Waals surface area contributed by atoms with Crippen LogP contribution in [0.25, 0.3) is 0 Å². The zero-order chi connectivity index (χ0) is 11.2. The van der Waals surface area contributed by atoms with Gasteiger partial charge in [0.1, 0.15) is 11.4 Å². The van der Waals surface area contributed by atoms with Crippen LogP contribution in [0, 0.1) is 17.8 Å². The Morgan fingerprint density at radius 2 is 2.44 bits per heavy atom. The van der Waals surface area contributed by atoms with Crippen LogP contribution in [0.1, 0.15) is 25.0 Å². The standard InChI is InChI=1S/C13H18O3/c1-15-8-11-9-4-5-10(7-9)13(11,14)12-3-2-6-16-12/h2-3,6,9-11,14H,4-5,7-8H2,1H3/t9-,10+,11+,13+/m1/s1. The smallest absolute Gasteiger partial charge is 0.136 e. The summed E-state index contributed by atoms with van der Waals surface area (Å²) in [7, 11) is 1.70. The molecule has 1 N–H and O–H groups in total. The summed E-state index contributed by atoms with van der Waals surface area (Å²) in [4.78, 5) is 0. The number of rotatable bonds is 3. The summed E-state index contributed by atoms with van der Waals surface area (Å²) in [6.07, 6.45) is 5.10. The molecule has 2 saturated carbocycles. The van der Waals surface area contributed by atoms with Crippen molar-refractivity contribution in [2.75, 3.05) is 13.7 Å². The number of furan rings is 1. The van der Waals surface area contributed by atoms with Gasteiger partial charge >= 0.3 is 0 Å². The molecule has 0 saturated heterocycles. The fourth-order valence-electron chi connectivity index (χ4n) is 3.78. The summed E-state index contributed by atoms with van der Waals surface area (Å²) in [5.41, 5.74) is -0.789. The van der Waals surface area contributed by atoms with Crippen molar-refractivity contribution >= 4 is 0 Å². The fraction of sp³-hybridized carbons (Fsp3) is 0.692. The first-order chi connectivity index (χ1) is 7.76. The molecule has 4 atom stereocenters. The van der Waals surface area contributed by atoms with Gasteiger partial charge in [-0.25, -0.2) is 0 Å². The topological polar surface area (TPSA) is 42.6 Å². The van der Waals surface area contributed by atoms with E-state index in [4.69, 9.17) is 9.15 Å². The molecular weight excluding hydrogens is 204 g/mol. The highest BCUT2D eigenvalue weighted by atomic mass is 16.5. The largest absolute Gasteiger partial charge is 0.466 e. The van der Waals surface area contributed by atoms with Crippen LogP contribution in [-0.4, -0.2) is 18.8 Å². The molecule has 0 radical (unpaired) electrons. The predicted molar refractivity (Wildman–Crippen MR) is 58.8 cm³/mol. The Bertz CT molecular complexity index is 359. The van der Waals surface area contributed by atoms with Crippen LogP contribution in [-0.2, 0) is 10.3 Å². The molecule has 0 unspecified atom stereocenters. The summed E-state index contributed by atoms with van der Waals surface area (Å²) in [6, 6.07) is 3.74. The number of fused-ring (bicyclic) bond motifs is 2. The molecule has 16 heavy (non-hydrogen) atoms. The van der Waals surface area contributed by atoms with E-state index >= 15 is 0 Å². The maximum atomic E-state index is 11.0. The van der Waals surface area contributed by atoms with Gasteiger partial charge in [-0.05, 0) is 43.2 Å². The van der Waals surface area contributed by atoms with Crippen molar-refractivity contribution in [1.82, 2.24) is 0 Å². The van der Waals surface area contributed by atoms with Crippen molar-refractivity contribution in [3.8, 4) is 0 Å². The average molecular weight is 222 g/mol. The summed E-state index contributed by atoms with van der Waals surface area (Å²) in [5.74, 6) is 1.87. The molecule has 0 aromatic carbocycles. The van der Waals surface area contributed by atoms with E-state index in [-0.39, 0.29) is 5.92 Å². The fourth-order valence-corrected chi connectivity index (χ4v) is 3.78. The molecule has 0 aliphatic heterocycles. The van der Waals surface area contributed by atoms with Gasteiger partial charge in [-0.2, -0.15) is 0 Å². The predicted octanol–water partition coefficient (Wildman–Crippen LogP) is 2.16. The molecule has 2 aliphatic carbocycles. The van der Waals surface area contributed by atoms with Crippen LogP contribution in [0.5, 0.6) is 0 Å². The van der Waals surface area contributed by atoms with E-state index in [0.29, 0.717) is 18.4 Å². The molecule has 2 aliphatic rings. The summed E-state index contributed by atoms with van der Waals surface area (Å²) in [6.45, 7) is 0.623. The van der Waals surface area contributed by atoms with Gasteiger partial charge in [-0.1, -0.05) is 0 Å². The van der Waals surface area contributed by atoms with E-state index in [1.807, 2.05) is 12.1 Å². The second-order valence-corrected chi connectivity index (χ2v) is 5.13. The third-order valence-electron chi connectivity index (χ3n) is 4.49. The van der Waals surface area contributed by atoms with Crippen molar-refractivity contribution in [3.63, 3.8) is 0 Å². The minimum Gasteiger partial charge on any atom is -0.466 e. The molecule has 88 valence electrons. The SMILES string of the molecule is COC[C@H]1[C@@H]2CC[C@@H](C2)[C@@]1(O)c1ccco1. The molecule has 2 fully saturated rings. The number of hydrogen-bond donors (Lipinski definition) is 1. The van der Waals surface area contributed by atoms with Gasteiger partial charge in [0, 0.05) is 13.0 Å². The summed E-state index contributed by atoms with van der Waals surface area (Å²) in [5, 5.41) is 11.0. The minimum absolute atomic E-state index is 0.197. The highest BCUT2D eigenvalue weighted by Crippen LogP contribution is 2.59. The van der Waals surface area contributed by atoms with Crippen molar-refractivity contribution in [2.24, 2.45) is 17.8 Å². The van der Waals surface area contributed by atoms with Gasteiger partial charge in [0.05, 0.1) is 12.9 Å². The summed E-state index contributed by atoms with van der Waals surface area (Å²) >= 11 is 0. The number of hydrogen-bond acceptors (Lipinski definition) is 3. The monoisotopic (exact) mass is 222 g/mol. The minimum atomic E-state index is -0.789. The molecule has 1 aromatic heterocycles. The molecule has 1 aromatic rings. The normalized spacial score (nSPS) is 41.8. The lowest BCUT2D eigenvalue weighted by atomic mass is 9.74. The maximum absolute atomic E-state index is 11.0. The van der Waals surface area contributed by atoms with Gasteiger partial charge in [0.2, 0.25) is 0 Å². The molecule has 1 heterocycles. The Balaban J connectivity index is 1.97. The Morgan fingerprint density at radius 1 is 1.56 bits per heavy atom. The number of aliphatic hydroxyl groups is 1. The van der Waals surface area contributed by atoms with Gasteiger partial charge in [0.25, 0.3) is 0 Å². The number of methoxy groups -OCH3 is 1. The lowest BCUT2D eigenvalue weighted by Gasteiger charge is -2.37. The Hall–Kier alpha value is -0.800. The molecular formula is C13H18O3. The van der Waals surface area contributed by atoms with E-state index in [2.05, 4.69) is 0 Å². The van der Waals surface area contributed by atoms with Crippen molar-refractivity contribution in [2.45, 2.75) is 24.9 Å². The van der Waals surface area contributed by atoms with E-state index in [1.165, 1.54) is 6.42 Å². The molecule has 3 nitrogen and oxygen atoms in total. The van der Waals surface area contributed by atoms with Crippen molar-refractivity contribution < 1.29 is 14.3 Å². The second kappa shape index (κ2) is 3.60. The Morgan fingerprint density at radius 3 is 3.12 bits per heavy atom. The van der Waals surface area contributed by atoms with E-state index in [1.54, 1.807) is 13.4 Å². The first-order valence-corrected chi connectivity index (χ1v) is 6.02. The third kappa shape index (κ3) is 1.22. The van der Waals surface area contributed by atoms with Crippen LogP contribution in [0.3, 0.4) is 0 Å². The second-order valence-electron chi connectivity index (χ2n) is 5.13. The van der Waals surface area contributed by atoms with Gasteiger partial charge in [-0.3, -0.25) is 0 Å². The lowest BCUT2D eigenvalue weighted by Crippen LogP contribution is -2.42. The highest BCUT2D eigenvalue weighted by Gasteiger charge is 2.59. The molecule has 0 amide bonds. The molecule has 0 spiro atoms. The van der Waals surface area contributed by atoms with Gasteiger partial charge in [-0.15, -0.1) is 0 Å². The van der Waals surface area contributed by atoms with E-state index in [9.17, 15) is 5.11 Å². The molecule has 2 bridgehead atoms. The van der Waals surface area contributed by atoms with Crippen LogP contribution in [0.15, 0.2) is 22.8 Å². The maximum Gasteiger partial charge on any atom is 0.136 e. The number of ether oxygens (including phenoxy) is 1. The first kappa shape index (κ1) is 10.4. The van der Waals surface area contributed by atoms with Gasteiger partial charge < -0.3 is 14.3 Å². The van der Waals surface area contributed by atoms with Crippen LogP contribution < -0.4 is 0 Å². The van der Waals surface area contributed by atoms with Crippen molar-refractivity contribution in [3.05, 3.63) is 24.2 Å². The quantitative estimate of drug-likeness (QED) is 0.852. The van der Waals surface area contributed by atoms with Gasteiger partial charge in [0.15, 0.2) is 0 Å². The van der Waals surface area contributed by atoms with Crippen LogP contribution >= 0.6 is 0 Å². The molecule has 3 rings (SSSR count).